The molecule has 0 radical (unpaired) electrons. The average molecular weight is 296 g/mol. The predicted molar refractivity (Wildman–Crippen MR) is 82.8 cm³/mol. The van der Waals surface area contributed by atoms with Crippen LogP contribution in [0.3, 0.4) is 0 Å². The lowest BCUT2D eigenvalue weighted by Gasteiger charge is -2.20. The fraction of sp³-hybridized carbons (Fsp3) is 0.562. The molecule has 0 amide bonds. The minimum atomic E-state index is -3.45. The number of sulfone groups is 1. The lowest BCUT2D eigenvalue weighted by molar-refractivity contribution is 0.0991. The van der Waals surface area contributed by atoms with Crippen LogP contribution in [0, 0.1) is 5.92 Å². The van der Waals surface area contributed by atoms with Crippen molar-refractivity contribution in [1.29, 1.82) is 0 Å². The Morgan fingerprint density at radius 1 is 1.05 bits per heavy atom. The predicted octanol–water partition coefficient (Wildman–Crippen LogP) is 3.28. The summed E-state index contributed by atoms with van der Waals surface area (Å²) in [6.07, 6.45) is 0.896. The molecular formula is C16H24O3S. The van der Waals surface area contributed by atoms with Crippen LogP contribution in [0.15, 0.2) is 24.3 Å². The van der Waals surface area contributed by atoms with Gasteiger partial charge >= 0.3 is 0 Å². The number of Topliss-reactive ketones (excluding diaryl/α,β-unsaturated/α-hetero) is 1. The highest BCUT2D eigenvalue weighted by atomic mass is 32.2. The molecule has 20 heavy (non-hydrogen) atoms. The highest BCUT2D eigenvalue weighted by molar-refractivity contribution is 7.93. The number of hydrogen-bond donors (Lipinski definition) is 0. The van der Waals surface area contributed by atoms with Crippen molar-refractivity contribution in [2.24, 2.45) is 5.92 Å². The van der Waals surface area contributed by atoms with Gasteiger partial charge in [0, 0.05) is 5.56 Å². The Kier molecular flexibility index (Phi) is 5.51. The number of benzene rings is 1. The lowest BCUT2D eigenvalue weighted by Crippen LogP contribution is -2.36. The molecule has 0 saturated heterocycles. The Morgan fingerprint density at radius 3 is 1.95 bits per heavy atom. The Hall–Kier alpha value is -1.16. The molecule has 0 aliphatic rings. The number of hydrogen-bond acceptors (Lipinski definition) is 3. The quantitative estimate of drug-likeness (QED) is 0.757. The molecule has 0 bridgehead atoms. The Balaban J connectivity index is 3.01. The van der Waals surface area contributed by atoms with E-state index in [-0.39, 0.29) is 11.7 Å². The maximum atomic E-state index is 12.4. The monoisotopic (exact) mass is 296 g/mol. The minimum absolute atomic E-state index is 0.00211. The van der Waals surface area contributed by atoms with Crippen LogP contribution in [0.4, 0.5) is 0 Å². The first-order valence-electron chi connectivity index (χ1n) is 7.07. The van der Waals surface area contributed by atoms with Crippen LogP contribution in [-0.4, -0.2) is 24.7 Å². The van der Waals surface area contributed by atoms with Gasteiger partial charge in [-0.05, 0) is 31.7 Å². The van der Waals surface area contributed by atoms with Crippen molar-refractivity contribution in [2.75, 3.05) is 0 Å². The second kappa shape index (κ2) is 6.53. The maximum Gasteiger partial charge on any atom is 0.180 e. The molecule has 0 N–H and O–H groups in total. The largest absolute Gasteiger partial charge is 0.293 e. The second-order valence-corrected chi connectivity index (χ2v) is 8.22. The molecule has 1 rings (SSSR count). The third-order valence-electron chi connectivity index (χ3n) is 3.97. The number of rotatable bonds is 6. The summed E-state index contributed by atoms with van der Waals surface area (Å²) in [5.74, 6) is -0.321. The summed E-state index contributed by atoms with van der Waals surface area (Å²) in [7, 11) is -3.45. The summed E-state index contributed by atoms with van der Waals surface area (Å²) in [4.78, 5) is 12.3. The van der Waals surface area contributed by atoms with E-state index in [1.165, 1.54) is 6.92 Å². The van der Waals surface area contributed by atoms with Crippen molar-refractivity contribution < 1.29 is 13.2 Å². The van der Waals surface area contributed by atoms with Gasteiger partial charge in [-0.25, -0.2) is 8.42 Å². The normalized spacial score (nSPS) is 15.1. The molecule has 0 spiro atoms. The van der Waals surface area contributed by atoms with Gasteiger partial charge in [0.25, 0.3) is 0 Å². The van der Waals surface area contributed by atoms with Crippen molar-refractivity contribution in [3.05, 3.63) is 35.4 Å². The van der Waals surface area contributed by atoms with E-state index in [0.717, 1.165) is 12.0 Å². The molecule has 2 atom stereocenters. The number of carbonyl (C=O) groups excluding carboxylic acids is 1. The summed E-state index contributed by atoms with van der Waals surface area (Å²) in [6, 6.07) is 7.18. The molecule has 0 saturated carbocycles. The van der Waals surface area contributed by atoms with Crippen LogP contribution in [0.2, 0.25) is 0 Å². The van der Waals surface area contributed by atoms with E-state index in [4.69, 9.17) is 0 Å². The molecule has 0 heterocycles. The molecule has 3 nitrogen and oxygen atoms in total. The van der Waals surface area contributed by atoms with Gasteiger partial charge in [0.15, 0.2) is 15.6 Å². The third kappa shape index (κ3) is 3.48. The van der Waals surface area contributed by atoms with Gasteiger partial charge in [0.2, 0.25) is 0 Å². The number of aryl methyl sites for hydroxylation is 1. The summed E-state index contributed by atoms with van der Waals surface area (Å²) in [5.41, 5.74) is 1.60. The fourth-order valence-corrected chi connectivity index (χ4v) is 3.83. The van der Waals surface area contributed by atoms with Crippen molar-refractivity contribution in [3.8, 4) is 0 Å². The van der Waals surface area contributed by atoms with Gasteiger partial charge in [0.1, 0.15) is 5.25 Å². The second-order valence-electron chi connectivity index (χ2n) is 5.60. The SMILES string of the molecule is CCc1ccc(C(=O)C(C)S(=O)(=O)C(C)C(C)C)cc1. The first-order chi connectivity index (χ1) is 9.21. The molecule has 0 fully saturated rings. The molecule has 1 aromatic rings. The highest BCUT2D eigenvalue weighted by Gasteiger charge is 2.34. The highest BCUT2D eigenvalue weighted by Crippen LogP contribution is 2.20. The van der Waals surface area contributed by atoms with Crippen molar-refractivity contribution in [1.82, 2.24) is 0 Å². The summed E-state index contributed by atoms with van der Waals surface area (Å²) in [5, 5.41) is -1.51. The van der Waals surface area contributed by atoms with E-state index in [0.29, 0.717) is 5.56 Å². The molecule has 0 aromatic heterocycles. The molecule has 1 aromatic carbocycles. The van der Waals surface area contributed by atoms with Gasteiger partial charge in [0.05, 0.1) is 5.25 Å². The zero-order chi connectivity index (χ0) is 15.5. The van der Waals surface area contributed by atoms with E-state index < -0.39 is 20.3 Å². The van der Waals surface area contributed by atoms with Gasteiger partial charge < -0.3 is 0 Å². The van der Waals surface area contributed by atoms with Crippen LogP contribution in [0.25, 0.3) is 0 Å². The third-order valence-corrected chi connectivity index (χ3v) is 6.75. The van der Waals surface area contributed by atoms with E-state index in [2.05, 4.69) is 0 Å². The van der Waals surface area contributed by atoms with Crippen molar-refractivity contribution in [3.63, 3.8) is 0 Å². The first kappa shape index (κ1) is 16.9. The van der Waals surface area contributed by atoms with Gasteiger partial charge in [-0.1, -0.05) is 45.0 Å². The van der Waals surface area contributed by atoms with E-state index in [1.807, 2.05) is 32.9 Å². The molecule has 0 aliphatic carbocycles. The molecule has 112 valence electrons. The van der Waals surface area contributed by atoms with E-state index in [9.17, 15) is 13.2 Å². The Morgan fingerprint density at radius 2 is 1.55 bits per heavy atom. The fourth-order valence-electron chi connectivity index (χ4n) is 1.99. The zero-order valence-corrected chi connectivity index (χ0v) is 13.7. The van der Waals surface area contributed by atoms with Gasteiger partial charge in [-0.15, -0.1) is 0 Å². The van der Waals surface area contributed by atoms with Crippen LogP contribution in [0.5, 0.6) is 0 Å². The average Bonchev–Trinajstić information content (AvgIpc) is 2.44. The minimum Gasteiger partial charge on any atom is -0.293 e. The smallest absolute Gasteiger partial charge is 0.180 e. The van der Waals surface area contributed by atoms with Gasteiger partial charge in [-0.3, -0.25) is 4.79 Å². The van der Waals surface area contributed by atoms with E-state index in [1.54, 1.807) is 19.1 Å². The molecule has 0 aliphatic heterocycles. The maximum absolute atomic E-state index is 12.4. The number of carbonyl (C=O) groups is 1. The van der Waals surface area contributed by atoms with Crippen LogP contribution in [-0.2, 0) is 16.3 Å². The molecular weight excluding hydrogens is 272 g/mol. The standard InChI is InChI=1S/C16H24O3S/c1-6-14-7-9-15(10-8-14)16(17)13(5)20(18,19)12(4)11(2)3/h7-13H,6H2,1-5H3. The topological polar surface area (TPSA) is 51.2 Å². The lowest BCUT2D eigenvalue weighted by atomic mass is 10.1. The summed E-state index contributed by atoms with van der Waals surface area (Å²) < 4.78 is 24.8. The molecule has 4 heteroatoms. The van der Waals surface area contributed by atoms with Crippen LogP contribution < -0.4 is 0 Å². The first-order valence-corrected chi connectivity index (χ1v) is 8.68. The van der Waals surface area contributed by atoms with Crippen LogP contribution in [0.1, 0.15) is 50.5 Å². The van der Waals surface area contributed by atoms with Crippen LogP contribution >= 0.6 is 0 Å². The number of ketones is 1. The van der Waals surface area contributed by atoms with E-state index >= 15 is 0 Å². The Labute approximate surface area is 122 Å². The van der Waals surface area contributed by atoms with Crippen molar-refractivity contribution in [2.45, 2.75) is 51.5 Å². The zero-order valence-electron chi connectivity index (χ0n) is 12.9. The summed E-state index contributed by atoms with van der Waals surface area (Å²) in [6.45, 7) is 8.91. The van der Waals surface area contributed by atoms with Crippen molar-refractivity contribution >= 4 is 15.6 Å². The summed E-state index contributed by atoms with van der Waals surface area (Å²) >= 11 is 0. The Bertz CT molecular complexity index is 556. The molecule has 2 unspecified atom stereocenters. The van der Waals surface area contributed by atoms with Gasteiger partial charge in [-0.2, -0.15) is 0 Å².